The third-order valence-corrected chi connectivity index (χ3v) is 4.42. The number of methoxy groups -OCH3 is 3. The van der Waals surface area contributed by atoms with E-state index in [1.165, 1.54) is 44.2 Å². The summed E-state index contributed by atoms with van der Waals surface area (Å²) in [5, 5.41) is 10.8. The first-order chi connectivity index (χ1) is 14.3. The van der Waals surface area contributed by atoms with E-state index < -0.39 is 11.7 Å². The van der Waals surface area contributed by atoms with Crippen LogP contribution in [0.15, 0.2) is 41.5 Å². The van der Waals surface area contributed by atoms with Crippen molar-refractivity contribution in [3.05, 3.63) is 52.3 Å². The van der Waals surface area contributed by atoms with Gasteiger partial charge in [-0.15, -0.1) is 0 Å². The summed E-state index contributed by atoms with van der Waals surface area (Å²) in [6.07, 6.45) is -3.43. The molecular weight excluding hydrogens is 421 g/mol. The number of benzene rings is 2. The zero-order valence-electron chi connectivity index (χ0n) is 16.1. The van der Waals surface area contributed by atoms with Crippen molar-refractivity contribution in [2.75, 3.05) is 21.3 Å². The number of nitrogens with zero attached hydrogens (tertiary/aromatic N) is 3. The number of H-pyrrole nitrogens is 1. The first-order valence-corrected chi connectivity index (χ1v) is 8.89. The fourth-order valence-electron chi connectivity index (χ4n) is 2.78. The lowest BCUT2D eigenvalue weighted by atomic mass is 10.1. The zero-order valence-corrected chi connectivity index (χ0v) is 17.0. The standard InChI is InChI=1S/C19H17F3N4O3S/c1-27-14-8-12(9-15(28-2)16(14)29-3)17-24-25-18(30)26(17)23-10-11-6-4-5-7-13(11)19(20,21)22/h4-10H,1-3H3,(H,25,30)/b23-10-. The maximum Gasteiger partial charge on any atom is 0.417 e. The Bertz CT molecular complexity index is 1110. The fourth-order valence-corrected chi connectivity index (χ4v) is 2.96. The van der Waals surface area contributed by atoms with E-state index in [0.717, 1.165) is 12.3 Å². The molecule has 0 unspecified atom stereocenters. The van der Waals surface area contributed by atoms with Crippen LogP contribution >= 0.6 is 12.2 Å². The van der Waals surface area contributed by atoms with Crippen molar-refractivity contribution in [3.63, 3.8) is 0 Å². The normalized spacial score (nSPS) is 11.7. The van der Waals surface area contributed by atoms with Crippen LogP contribution in [-0.2, 0) is 6.18 Å². The predicted octanol–water partition coefficient (Wildman–Crippen LogP) is 4.53. The van der Waals surface area contributed by atoms with Gasteiger partial charge < -0.3 is 14.2 Å². The van der Waals surface area contributed by atoms with E-state index in [1.54, 1.807) is 12.1 Å². The summed E-state index contributed by atoms with van der Waals surface area (Å²) in [6, 6.07) is 8.35. The van der Waals surface area contributed by atoms with Crippen LogP contribution in [0.2, 0.25) is 0 Å². The molecule has 0 spiro atoms. The molecule has 1 aromatic heterocycles. The number of ether oxygens (including phenoxy) is 3. The molecule has 0 fully saturated rings. The van der Waals surface area contributed by atoms with Crippen LogP contribution in [0.4, 0.5) is 13.2 Å². The van der Waals surface area contributed by atoms with Crippen LogP contribution in [0.5, 0.6) is 17.2 Å². The van der Waals surface area contributed by atoms with E-state index in [-0.39, 0.29) is 16.2 Å². The second-order valence-electron chi connectivity index (χ2n) is 5.91. The van der Waals surface area contributed by atoms with Gasteiger partial charge in [0.05, 0.1) is 33.1 Å². The number of aromatic amines is 1. The molecule has 0 aliphatic carbocycles. The molecule has 1 N–H and O–H groups in total. The van der Waals surface area contributed by atoms with E-state index in [4.69, 9.17) is 26.4 Å². The highest BCUT2D eigenvalue weighted by Gasteiger charge is 2.32. The van der Waals surface area contributed by atoms with Crippen molar-refractivity contribution in [1.29, 1.82) is 0 Å². The molecule has 7 nitrogen and oxygen atoms in total. The summed E-state index contributed by atoms with van der Waals surface area (Å²) in [7, 11) is 4.40. The summed E-state index contributed by atoms with van der Waals surface area (Å²) >= 11 is 5.19. The maximum absolute atomic E-state index is 13.2. The maximum atomic E-state index is 13.2. The Morgan fingerprint density at radius 1 is 1.07 bits per heavy atom. The number of aromatic nitrogens is 3. The van der Waals surface area contributed by atoms with E-state index >= 15 is 0 Å². The quantitative estimate of drug-likeness (QED) is 0.452. The SMILES string of the molecule is COc1cc(-c2n[nH]c(=S)n2/N=C\c2ccccc2C(F)(F)F)cc(OC)c1OC. The molecule has 2 aromatic carbocycles. The van der Waals surface area contributed by atoms with Gasteiger partial charge in [-0.05, 0) is 30.4 Å². The molecule has 3 aromatic rings. The first-order valence-electron chi connectivity index (χ1n) is 8.48. The second kappa shape index (κ2) is 8.57. The van der Waals surface area contributed by atoms with Gasteiger partial charge in [-0.2, -0.15) is 28.0 Å². The van der Waals surface area contributed by atoms with E-state index in [0.29, 0.717) is 22.8 Å². The molecule has 0 aliphatic rings. The number of nitrogens with one attached hydrogen (secondary N) is 1. The monoisotopic (exact) mass is 438 g/mol. The molecule has 3 rings (SSSR count). The summed E-state index contributed by atoms with van der Waals surface area (Å²) in [5.41, 5.74) is -0.417. The molecule has 11 heteroatoms. The van der Waals surface area contributed by atoms with Crippen LogP contribution in [0.1, 0.15) is 11.1 Å². The Morgan fingerprint density at radius 3 is 2.27 bits per heavy atom. The summed E-state index contributed by atoms with van der Waals surface area (Å²) in [6.45, 7) is 0. The predicted molar refractivity (Wildman–Crippen MR) is 107 cm³/mol. The third-order valence-electron chi connectivity index (χ3n) is 4.15. The van der Waals surface area contributed by atoms with E-state index in [9.17, 15) is 13.2 Å². The molecule has 158 valence electrons. The lowest BCUT2D eigenvalue weighted by Crippen LogP contribution is -2.09. The van der Waals surface area contributed by atoms with Gasteiger partial charge in [0.25, 0.3) is 0 Å². The van der Waals surface area contributed by atoms with Crippen molar-refractivity contribution in [2.24, 2.45) is 5.10 Å². The van der Waals surface area contributed by atoms with Crippen LogP contribution in [-0.4, -0.2) is 42.4 Å². The molecule has 0 amide bonds. The lowest BCUT2D eigenvalue weighted by molar-refractivity contribution is -0.137. The Balaban J connectivity index is 2.10. The Labute approximate surface area is 174 Å². The molecule has 0 radical (unpaired) electrons. The van der Waals surface area contributed by atoms with Crippen molar-refractivity contribution in [2.45, 2.75) is 6.18 Å². The van der Waals surface area contributed by atoms with Crippen molar-refractivity contribution < 1.29 is 27.4 Å². The zero-order chi connectivity index (χ0) is 21.9. The number of hydrogen-bond acceptors (Lipinski definition) is 6. The summed E-state index contributed by atoms with van der Waals surface area (Å²) in [4.78, 5) is 0. The fraction of sp³-hybridized carbons (Fsp3) is 0.211. The number of rotatable bonds is 6. The topological polar surface area (TPSA) is 73.7 Å². The van der Waals surface area contributed by atoms with Gasteiger partial charge in [0.15, 0.2) is 17.3 Å². The third kappa shape index (κ3) is 4.15. The molecular formula is C19H17F3N4O3S. The van der Waals surface area contributed by atoms with Gasteiger partial charge >= 0.3 is 6.18 Å². The highest BCUT2D eigenvalue weighted by atomic mass is 32.1. The number of halogens is 3. The van der Waals surface area contributed by atoms with Crippen LogP contribution in [0.25, 0.3) is 11.4 Å². The molecule has 0 atom stereocenters. The minimum atomic E-state index is -4.51. The summed E-state index contributed by atoms with van der Waals surface area (Å²) in [5.74, 6) is 1.38. The van der Waals surface area contributed by atoms with Gasteiger partial charge in [0, 0.05) is 11.1 Å². The average molecular weight is 438 g/mol. The lowest BCUT2D eigenvalue weighted by Gasteiger charge is -2.13. The Kier molecular flexibility index (Phi) is 6.11. The highest BCUT2D eigenvalue weighted by Crippen LogP contribution is 2.40. The molecule has 0 aliphatic heterocycles. The van der Waals surface area contributed by atoms with Gasteiger partial charge in [-0.3, -0.25) is 0 Å². The number of hydrogen-bond donors (Lipinski definition) is 1. The van der Waals surface area contributed by atoms with E-state index in [2.05, 4.69) is 15.3 Å². The number of alkyl halides is 3. The highest BCUT2D eigenvalue weighted by molar-refractivity contribution is 7.71. The minimum Gasteiger partial charge on any atom is -0.493 e. The molecule has 0 bridgehead atoms. The molecule has 30 heavy (non-hydrogen) atoms. The largest absolute Gasteiger partial charge is 0.493 e. The Hall–Kier alpha value is -3.34. The molecule has 0 saturated heterocycles. The second-order valence-corrected chi connectivity index (χ2v) is 6.29. The van der Waals surface area contributed by atoms with Gasteiger partial charge in [-0.1, -0.05) is 18.2 Å². The smallest absolute Gasteiger partial charge is 0.417 e. The Morgan fingerprint density at radius 2 is 1.70 bits per heavy atom. The van der Waals surface area contributed by atoms with Gasteiger partial charge in [-0.25, -0.2) is 5.10 Å². The van der Waals surface area contributed by atoms with Crippen LogP contribution in [0, 0.1) is 4.77 Å². The van der Waals surface area contributed by atoms with Crippen LogP contribution < -0.4 is 14.2 Å². The van der Waals surface area contributed by atoms with Crippen molar-refractivity contribution >= 4 is 18.4 Å². The van der Waals surface area contributed by atoms with Gasteiger partial charge in [0.1, 0.15) is 0 Å². The minimum absolute atomic E-state index is 0.0968. The average Bonchev–Trinajstić information content (AvgIpc) is 3.10. The van der Waals surface area contributed by atoms with Crippen molar-refractivity contribution in [1.82, 2.24) is 14.9 Å². The summed E-state index contributed by atoms with van der Waals surface area (Å²) < 4.78 is 56.9. The van der Waals surface area contributed by atoms with Crippen LogP contribution in [0.3, 0.4) is 0 Å². The van der Waals surface area contributed by atoms with E-state index in [1.807, 2.05) is 0 Å². The van der Waals surface area contributed by atoms with Gasteiger partial charge in [0.2, 0.25) is 10.5 Å². The van der Waals surface area contributed by atoms with Crippen molar-refractivity contribution in [3.8, 4) is 28.6 Å². The first kappa shape index (κ1) is 21.4. The molecule has 0 saturated carbocycles. The molecule has 1 heterocycles.